The minimum absolute atomic E-state index is 0.0214. The fraction of sp³-hybridized carbons (Fsp3) is 0.706. The Balaban J connectivity index is 2.56. The maximum absolute atomic E-state index is 13.9. The predicted molar refractivity (Wildman–Crippen MR) is 171 cm³/mol. The molecular formula is C34H55N3O8. The Kier molecular flexibility index (Phi) is 13.3. The number of rotatable bonds is 13. The maximum Gasteiger partial charge on any atom is 0.412 e. The number of carboxylic acid groups (broad SMARTS) is 1. The highest BCUT2D eigenvalue weighted by Crippen LogP contribution is 2.37. The van der Waals surface area contributed by atoms with E-state index in [0.29, 0.717) is 6.42 Å². The largest absolute Gasteiger partial charge is 0.480 e. The molecule has 1 heterocycles. The van der Waals surface area contributed by atoms with Crippen LogP contribution in [0.4, 0.5) is 9.59 Å². The molecule has 4 atom stereocenters. The average molecular weight is 634 g/mol. The second kappa shape index (κ2) is 15.8. The normalized spacial score (nSPS) is 19.4. The Hall–Kier alpha value is -3.34. The molecule has 45 heavy (non-hydrogen) atoms. The lowest BCUT2D eigenvalue weighted by Crippen LogP contribution is -2.57. The van der Waals surface area contributed by atoms with Crippen LogP contribution < -0.4 is 5.32 Å². The van der Waals surface area contributed by atoms with Gasteiger partial charge in [-0.05, 0) is 70.8 Å². The molecule has 0 aromatic heterocycles. The van der Waals surface area contributed by atoms with Crippen molar-refractivity contribution in [1.29, 1.82) is 0 Å². The van der Waals surface area contributed by atoms with Gasteiger partial charge in [-0.15, -0.1) is 0 Å². The Labute approximate surface area is 268 Å². The Morgan fingerprint density at radius 2 is 1.62 bits per heavy atom. The fourth-order valence-corrected chi connectivity index (χ4v) is 5.55. The first-order valence-corrected chi connectivity index (χ1v) is 15.9. The van der Waals surface area contributed by atoms with E-state index in [-0.39, 0.29) is 37.3 Å². The van der Waals surface area contributed by atoms with Crippen molar-refractivity contribution in [1.82, 2.24) is 15.1 Å². The molecule has 0 bridgehead atoms. The molecule has 1 unspecified atom stereocenters. The summed E-state index contributed by atoms with van der Waals surface area (Å²) in [7, 11) is 0. The first kappa shape index (κ1) is 37.8. The van der Waals surface area contributed by atoms with Crippen molar-refractivity contribution in [2.75, 3.05) is 6.54 Å². The number of hydrogen-bond donors (Lipinski definition) is 2. The van der Waals surface area contributed by atoms with E-state index in [9.17, 15) is 24.3 Å². The van der Waals surface area contributed by atoms with Crippen molar-refractivity contribution < 1.29 is 38.5 Å². The average Bonchev–Trinajstić information content (AvgIpc) is 3.14. The third-order valence-corrected chi connectivity index (χ3v) is 7.50. The Bertz CT molecular complexity index is 1150. The van der Waals surface area contributed by atoms with Gasteiger partial charge in [-0.1, -0.05) is 71.9 Å². The van der Waals surface area contributed by atoms with Crippen molar-refractivity contribution in [2.45, 2.75) is 131 Å². The quantitative estimate of drug-likeness (QED) is 0.268. The third kappa shape index (κ3) is 11.2. The number of hydrogen-bond acceptors (Lipinski definition) is 7. The van der Waals surface area contributed by atoms with Crippen LogP contribution in [0.15, 0.2) is 30.3 Å². The minimum Gasteiger partial charge on any atom is -0.480 e. The molecule has 1 saturated heterocycles. The van der Waals surface area contributed by atoms with E-state index >= 15 is 0 Å². The first-order valence-electron chi connectivity index (χ1n) is 15.9. The molecule has 1 aliphatic rings. The second-order valence-corrected chi connectivity index (χ2v) is 14.6. The topological polar surface area (TPSA) is 135 Å². The van der Waals surface area contributed by atoms with Gasteiger partial charge in [0.2, 0.25) is 5.91 Å². The van der Waals surface area contributed by atoms with Gasteiger partial charge in [0.25, 0.3) is 0 Å². The first-order chi connectivity index (χ1) is 20.7. The molecular weight excluding hydrogens is 578 g/mol. The summed E-state index contributed by atoms with van der Waals surface area (Å²) in [5.41, 5.74) is -1.04. The molecule has 0 radical (unpaired) electrons. The van der Waals surface area contributed by atoms with Gasteiger partial charge in [-0.2, -0.15) is 0 Å². The van der Waals surface area contributed by atoms with Crippen LogP contribution in [0.3, 0.4) is 0 Å². The molecule has 1 aliphatic heterocycles. The molecule has 0 aliphatic carbocycles. The summed E-state index contributed by atoms with van der Waals surface area (Å²) in [4.78, 5) is 56.2. The smallest absolute Gasteiger partial charge is 0.412 e. The summed E-state index contributed by atoms with van der Waals surface area (Å²) in [5, 5.41) is 12.4. The minimum atomic E-state index is -1.16. The van der Waals surface area contributed by atoms with Crippen LogP contribution in [0.5, 0.6) is 0 Å². The predicted octanol–water partition coefficient (Wildman–Crippen LogP) is 6.05. The van der Waals surface area contributed by atoms with Crippen LogP contribution in [-0.2, 0) is 30.4 Å². The van der Waals surface area contributed by atoms with Crippen LogP contribution in [0.1, 0.15) is 94.6 Å². The molecule has 0 spiro atoms. The highest BCUT2D eigenvalue weighted by molar-refractivity contribution is 5.89. The van der Waals surface area contributed by atoms with E-state index in [2.05, 4.69) is 5.32 Å². The lowest BCUT2D eigenvalue weighted by molar-refractivity contribution is -0.144. The highest BCUT2D eigenvalue weighted by Gasteiger charge is 2.52. The van der Waals surface area contributed by atoms with Crippen molar-refractivity contribution in [3.05, 3.63) is 35.9 Å². The number of aliphatic carboxylic acids is 1. The summed E-state index contributed by atoms with van der Waals surface area (Å²) in [6.07, 6.45) is -1.16. The highest BCUT2D eigenvalue weighted by atomic mass is 16.6. The van der Waals surface area contributed by atoms with Crippen LogP contribution in [-0.4, -0.2) is 81.1 Å². The molecule has 2 N–H and O–H groups in total. The fourth-order valence-electron chi connectivity index (χ4n) is 5.55. The number of ether oxygens (including phenoxy) is 3. The molecule has 11 heteroatoms. The number of nitrogens with zero attached hydrogens (tertiary/aromatic N) is 2. The van der Waals surface area contributed by atoms with E-state index < -0.39 is 59.6 Å². The van der Waals surface area contributed by atoms with Gasteiger partial charge in [-0.3, -0.25) is 14.6 Å². The Morgan fingerprint density at radius 1 is 1.02 bits per heavy atom. The zero-order valence-electron chi connectivity index (χ0n) is 29.0. The van der Waals surface area contributed by atoms with Gasteiger partial charge in [0, 0.05) is 0 Å². The van der Waals surface area contributed by atoms with Crippen molar-refractivity contribution in [2.24, 2.45) is 17.8 Å². The zero-order chi connectivity index (χ0) is 34.3. The molecule has 3 amide bonds. The zero-order valence-corrected chi connectivity index (χ0v) is 29.0. The summed E-state index contributed by atoms with van der Waals surface area (Å²) in [5.74, 6) is -2.01. The van der Waals surface area contributed by atoms with Gasteiger partial charge in [0.05, 0.1) is 18.7 Å². The lowest BCUT2D eigenvalue weighted by atomic mass is 9.96. The number of nitrogens with one attached hydrogen (secondary N) is 1. The molecule has 0 saturated carbocycles. The standard InChI is InChI=1S/C34H55N3O8/c1-21(2)17-25-27(44-34(10,11)37(25)32(42)45-33(7,8)9)19-36(31(41)43-20-24-15-13-12-14-16-24)26(18-22(3)4)29(38)35-28(23(5)6)30(39)40/h12-16,21-23,25-28H,17-20H2,1-11H3,(H,35,38)(H,39,40)/t25-,26-,27?,28-/m0/s1. The molecule has 2 rings (SSSR count). The SMILES string of the molecule is CC(C)C[C@@H](C(=O)N[C@H](C(=O)O)C(C)C)N(CC1OC(C)(C)N(C(=O)OC(C)(C)C)[C@H]1CC(C)C)C(=O)OCc1ccccc1. The van der Waals surface area contributed by atoms with Crippen LogP contribution in [0.2, 0.25) is 0 Å². The number of carboxylic acids is 1. The van der Waals surface area contributed by atoms with E-state index in [4.69, 9.17) is 14.2 Å². The van der Waals surface area contributed by atoms with Crippen molar-refractivity contribution in [3.8, 4) is 0 Å². The Morgan fingerprint density at radius 3 is 2.11 bits per heavy atom. The molecule has 11 nitrogen and oxygen atoms in total. The summed E-state index contributed by atoms with van der Waals surface area (Å²) in [6.45, 7) is 20.2. The van der Waals surface area contributed by atoms with Gasteiger partial charge >= 0.3 is 18.2 Å². The maximum atomic E-state index is 13.9. The summed E-state index contributed by atoms with van der Waals surface area (Å²) < 4.78 is 18.0. The van der Waals surface area contributed by atoms with E-state index in [1.54, 1.807) is 53.4 Å². The summed E-state index contributed by atoms with van der Waals surface area (Å²) in [6, 6.07) is 6.51. The van der Waals surface area contributed by atoms with Crippen LogP contribution >= 0.6 is 0 Å². The molecule has 1 aromatic rings. The number of amides is 3. The monoisotopic (exact) mass is 633 g/mol. The molecule has 254 valence electrons. The lowest BCUT2D eigenvalue weighted by Gasteiger charge is -2.36. The van der Waals surface area contributed by atoms with E-state index in [0.717, 1.165) is 5.56 Å². The van der Waals surface area contributed by atoms with Crippen LogP contribution in [0, 0.1) is 17.8 Å². The number of carbonyl (C=O) groups excluding carboxylic acids is 3. The number of carbonyl (C=O) groups is 4. The molecule has 1 fully saturated rings. The van der Waals surface area contributed by atoms with Gasteiger partial charge in [0.1, 0.15) is 30.0 Å². The summed E-state index contributed by atoms with van der Waals surface area (Å²) >= 11 is 0. The van der Waals surface area contributed by atoms with E-state index in [1.807, 2.05) is 58.0 Å². The van der Waals surface area contributed by atoms with Crippen molar-refractivity contribution in [3.63, 3.8) is 0 Å². The van der Waals surface area contributed by atoms with Gasteiger partial charge < -0.3 is 24.6 Å². The van der Waals surface area contributed by atoms with Gasteiger partial charge in [-0.25, -0.2) is 14.4 Å². The second-order valence-electron chi connectivity index (χ2n) is 14.6. The molecule has 1 aromatic carbocycles. The number of benzene rings is 1. The van der Waals surface area contributed by atoms with Crippen LogP contribution in [0.25, 0.3) is 0 Å². The van der Waals surface area contributed by atoms with Gasteiger partial charge in [0.15, 0.2) is 0 Å². The van der Waals surface area contributed by atoms with E-state index in [1.165, 1.54) is 4.90 Å². The third-order valence-electron chi connectivity index (χ3n) is 7.50. The van der Waals surface area contributed by atoms with Crippen molar-refractivity contribution >= 4 is 24.1 Å².